The number of ether oxygens (including phenoxy) is 1. The van der Waals surface area contributed by atoms with E-state index in [-0.39, 0.29) is 5.88 Å². The van der Waals surface area contributed by atoms with E-state index in [0.717, 1.165) is 15.6 Å². The molecule has 0 spiro atoms. The van der Waals surface area contributed by atoms with Gasteiger partial charge >= 0.3 is 0 Å². The minimum atomic E-state index is 0.174. The second kappa shape index (κ2) is 5.47. The van der Waals surface area contributed by atoms with E-state index >= 15 is 0 Å². The first-order valence-electron chi connectivity index (χ1n) is 5.91. The number of aryl methyl sites for hydroxylation is 2. The van der Waals surface area contributed by atoms with Crippen LogP contribution in [0.1, 0.15) is 22.4 Å². The van der Waals surface area contributed by atoms with Crippen LogP contribution >= 0.6 is 15.9 Å². The van der Waals surface area contributed by atoms with Gasteiger partial charge in [-0.05, 0) is 44.0 Å². The van der Waals surface area contributed by atoms with Gasteiger partial charge in [-0.25, -0.2) is 0 Å². The molecule has 2 N–H and O–H groups in total. The number of hydrogen-bond donors (Lipinski definition) is 1. The Bertz CT molecular complexity index is 699. The fourth-order valence-corrected chi connectivity index (χ4v) is 2.37. The maximum absolute atomic E-state index is 9.25. The van der Waals surface area contributed by atoms with E-state index in [9.17, 15) is 5.26 Å². The van der Waals surface area contributed by atoms with Crippen molar-refractivity contribution in [2.75, 3.05) is 5.73 Å². The highest BCUT2D eigenvalue weighted by Gasteiger charge is 2.15. The molecule has 0 amide bonds. The summed E-state index contributed by atoms with van der Waals surface area (Å²) in [7, 11) is 0. The molecule has 0 bridgehead atoms. The number of halogens is 1. The molecule has 1 aromatic heterocycles. The van der Waals surface area contributed by atoms with Crippen LogP contribution in [0.2, 0.25) is 0 Å². The third-order valence-corrected chi connectivity index (χ3v) is 3.46. The predicted molar refractivity (Wildman–Crippen MR) is 79.6 cm³/mol. The first kappa shape index (κ1) is 14.3. The molecule has 0 atom stereocenters. The molecule has 0 unspecified atom stereocenters. The largest absolute Gasteiger partial charge is 0.434 e. The molecule has 102 valence electrons. The van der Waals surface area contributed by atoms with Gasteiger partial charge in [0.25, 0.3) is 5.88 Å². The summed E-state index contributed by atoms with van der Waals surface area (Å²) in [6, 6.07) is 5.72. The lowest BCUT2D eigenvalue weighted by Crippen LogP contribution is -2.02. The van der Waals surface area contributed by atoms with Crippen molar-refractivity contribution >= 4 is 21.6 Å². The summed E-state index contributed by atoms with van der Waals surface area (Å²) in [5, 5.41) is 17.2. The molecular formula is C14H13BrN4O. The number of aromatic nitrogens is 2. The topological polar surface area (TPSA) is 84.8 Å². The molecule has 0 aliphatic heterocycles. The summed E-state index contributed by atoms with van der Waals surface area (Å²) in [4.78, 5) is 0. The minimum Gasteiger partial charge on any atom is -0.434 e. The first-order valence-corrected chi connectivity index (χ1v) is 6.70. The first-order chi connectivity index (χ1) is 9.43. The molecule has 6 heteroatoms. The summed E-state index contributed by atoms with van der Waals surface area (Å²) >= 11 is 3.37. The lowest BCUT2D eigenvalue weighted by atomic mass is 10.1. The number of nitrogen functional groups attached to an aromatic ring is 1. The van der Waals surface area contributed by atoms with Crippen molar-refractivity contribution < 1.29 is 4.74 Å². The van der Waals surface area contributed by atoms with Gasteiger partial charge in [0.2, 0.25) is 0 Å². The smallest absolute Gasteiger partial charge is 0.257 e. The Morgan fingerprint density at radius 1 is 1.25 bits per heavy atom. The molecule has 0 saturated carbocycles. The fourth-order valence-electron chi connectivity index (χ4n) is 1.78. The van der Waals surface area contributed by atoms with E-state index < -0.39 is 0 Å². The molecular weight excluding hydrogens is 320 g/mol. The summed E-state index contributed by atoms with van der Waals surface area (Å²) in [5.74, 6) is 0.662. The summed E-state index contributed by atoms with van der Waals surface area (Å²) in [5.41, 5.74) is 9.10. The van der Waals surface area contributed by atoms with Crippen molar-refractivity contribution in [2.24, 2.45) is 0 Å². The number of rotatable bonds is 2. The van der Waals surface area contributed by atoms with E-state index in [2.05, 4.69) is 32.2 Å². The summed E-state index contributed by atoms with van der Waals surface area (Å²) in [6.45, 7) is 5.48. The lowest BCUT2D eigenvalue weighted by Gasteiger charge is -2.13. The van der Waals surface area contributed by atoms with Crippen LogP contribution in [0.5, 0.6) is 11.6 Å². The third kappa shape index (κ3) is 2.58. The average Bonchev–Trinajstić information content (AvgIpc) is 2.38. The lowest BCUT2D eigenvalue weighted by molar-refractivity contribution is 0.450. The fraction of sp³-hybridized carbons (Fsp3) is 0.214. The van der Waals surface area contributed by atoms with Gasteiger partial charge in [0, 0.05) is 4.47 Å². The Balaban J connectivity index is 2.52. The van der Waals surface area contributed by atoms with Crippen LogP contribution in [0.3, 0.4) is 0 Å². The number of hydrogen-bond acceptors (Lipinski definition) is 5. The summed E-state index contributed by atoms with van der Waals surface area (Å²) in [6.07, 6.45) is 0. The Morgan fingerprint density at radius 3 is 2.55 bits per heavy atom. The zero-order chi connectivity index (χ0) is 14.9. The highest BCUT2D eigenvalue weighted by molar-refractivity contribution is 9.10. The average molecular weight is 333 g/mol. The van der Waals surface area contributed by atoms with Crippen molar-refractivity contribution in [1.82, 2.24) is 10.2 Å². The van der Waals surface area contributed by atoms with Crippen LogP contribution in [0.25, 0.3) is 0 Å². The molecule has 5 nitrogen and oxygen atoms in total. The molecule has 0 saturated heterocycles. The number of nitrogens with two attached hydrogens (primary N) is 1. The highest BCUT2D eigenvalue weighted by atomic mass is 79.9. The minimum absolute atomic E-state index is 0.174. The van der Waals surface area contributed by atoms with Crippen LogP contribution in [-0.2, 0) is 0 Å². The molecule has 0 aliphatic rings. The van der Waals surface area contributed by atoms with Crippen molar-refractivity contribution in [3.63, 3.8) is 0 Å². The number of benzene rings is 1. The van der Waals surface area contributed by atoms with E-state index in [0.29, 0.717) is 22.7 Å². The normalized spacial score (nSPS) is 10.2. The van der Waals surface area contributed by atoms with E-state index in [1.165, 1.54) is 0 Å². The van der Waals surface area contributed by atoms with Crippen LogP contribution in [0, 0.1) is 32.1 Å². The molecule has 1 heterocycles. The summed E-state index contributed by atoms with van der Waals surface area (Å²) < 4.78 is 6.58. The van der Waals surface area contributed by atoms with E-state index in [1.807, 2.05) is 19.9 Å². The van der Waals surface area contributed by atoms with Gasteiger partial charge in [-0.3, -0.25) is 0 Å². The van der Waals surface area contributed by atoms with Gasteiger partial charge in [0.15, 0.2) is 5.75 Å². The number of nitriles is 1. The van der Waals surface area contributed by atoms with Crippen molar-refractivity contribution in [3.05, 3.63) is 39.0 Å². The molecule has 2 rings (SSSR count). The Labute approximate surface area is 125 Å². The zero-order valence-electron chi connectivity index (χ0n) is 11.4. The molecule has 1 aromatic carbocycles. The van der Waals surface area contributed by atoms with Crippen LogP contribution in [0.4, 0.5) is 5.69 Å². The van der Waals surface area contributed by atoms with Gasteiger partial charge in [0.1, 0.15) is 11.6 Å². The van der Waals surface area contributed by atoms with Crippen LogP contribution in [-0.4, -0.2) is 10.2 Å². The monoisotopic (exact) mass is 332 g/mol. The quantitative estimate of drug-likeness (QED) is 0.851. The van der Waals surface area contributed by atoms with Gasteiger partial charge < -0.3 is 10.5 Å². The maximum atomic E-state index is 9.25. The van der Waals surface area contributed by atoms with Gasteiger partial charge in [-0.1, -0.05) is 15.9 Å². The van der Waals surface area contributed by atoms with Gasteiger partial charge in [-0.15, -0.1) is 5.10 Å². The highest BCUT2D eigenvalue weighted by Crippen LogP contribution is 2.34. The van der Waals surface area contributed by atoms with Crippen molar-refractivity contribution in [3.8, 4) is 17.7 Å². The van der Waals surface area contributed by atoms with Crippen molar-refractivity contribution in [1.29, 1.82) is 5.26 Å². The molecule has 0 fully saturated rings. The maximum Gasteiger partial charge on any atom is 0.257 e. The van der Waals surface area contributed by atoms with Gasteiger partial charge in [-0.2, -0.15) is 10.4 Å². The second-order valence-corrected chi connectivity index (χ2v) is 5.36. The van der Waals surface area contributed by atoms with Crippen molar-refractivity contribution in [2.45, 2.75) is 20.8 Å². The van der Waals surface area contributed by atoms with E-state index in [1.54, 1.807) is 13.0 Å². The molecule has 2 aromatic rings. The van der Waals surface area contributed by atoms with Gasteiger partial charge in [0.05, 0.1) is 11.4 Å². The van der Waals surface area contributed by atoms with E-state index in [4.69, 9.17) is 10.5 Å². The predicted octanol–water partition coefficient (Wildman–Crippen LogP) is 3.41. The Hall–Kier alpha value is -2.13. The third-order valence-electron chi connectivity index (χ3n) is 3.00. The standard InChI is InChI=1S/C14H13BrN4O/c1-7-4-10(15)5-12(17)13(7)20-14-11(6-16)8(2)9(3)18-19-14/h4-5H,17H2,1-3H3. The molecule has 0 radical (unpaired) electrons. The molecule has 20 heavy (non-hydrogen) atoms. The zero-order valence-corrected chi connectivity index (χ0v) is 12.9. The molecule has 0 aliphatic carbocycles. The second-order valence-electron chi connectivity index (χ2n) is 4.45. The SMILES string of the molecule is Cc1cc(Br)cc(N)c1Oc1nnc(C)c(C)c1C#N. The Morgan fingerprint density at radius 2 is 1.95 bits per heavy atom. The van der Waals surface area contributed by atoms with Crippen LogP contribution in [0.15, 0.2) is 16.6 Å². The Kier molecular flexibility index (Phi) is 3.91. The number of nitrogens with zero attached hydrogens (tertiary/aromatic N) is 3. The number of anilines is 1. The van der Waals surface area contributed by atoms with Crippen LogP contribution < -0.4 is 10.5 Å².